The maximum absolute atomic E-state index is 12.2. The number of hydrogen-bond acceptors (Lipinski definition) is 4. The number of rotatable bonds is 6. The van der Waals surface area contributed by atoms with Crippen molar-refractivity contribution in [1.29, 1.82) is 0 Å². The summed E-state index contributed by atoms with van der Waals surface area (Å²) in [5.74, 6) is -0.0575. The predicted molar refractivity (Wildman–Crippen MR) is 92.5 cm³/mol. The lowest BCUT2D eigenvalue weighted by atomic mass is 10.3. The van der Waals surface area contributed by atoms with Gasteiger partial charge in [0.2, 0.25) is 5.91 Å². The highest BCUT2D eigenvalue weighted by Gasteiger charge is 2.20. The van der Waals surface area contributed by atoms with Crippen LogP contribution in [0.5, 0.6) is 0 Å². The molecule has 0 aliphatic heterocycles. The van der Waals surface area contributed by atoms with Crippen LogP contribution in [0.4, 0.5) is 4.79 Å². The summed E-state index contributed by atoms with van der Waals surface area (Å²) in [6.45, 7) is 4.53. The normalized spacial score (nSPS) is 12.0. The average Bonchev–Trinajstić information content (AvgIpc) is 2.96. The minimum atomic E-state index is -0.139. The molecule has 2 aromatic rings. The lowest BCUT2D eigenvalue weighted by Gasteiger charge is -2.23. The van der Waals surface area contributed by atoms with Crippen molar-refractivity contribution in [3.63, 3.8) is 0 Å². The number of thiazole rings is 1. The molecule has 0 aliphatic carbocycles. The number of benzene rings is 1. The molecule has 0 fully saturated rings. The molecule has 0 radical (unpaired) electrons. The summed E-state index contributed by atoms with van der Waals surface area (Å²) >= 11 is 1.61. The first-order valence-corrected chi connectivity index (χ1v) is 8.41. The Bertz CT molecular complexity index is 653. The molecule has 0 saturated heterocycles. The molecule has 6 nitrogen and oxygen atoms in total. The average molecular weight is 334 g/mol. The molecular weight excluding hydrogens is 312 g/mol. The first-order valence-electron chi connectivity index (χ1n) is 7.59. The van der Waals surface area contributed by atoms with Crippen LogP contribution in [0.15, 0.2) is 24.3 Å². The monoisotopic (exact) mass is 334 g/mol. The summed E-state index contributed by atoms with van der Waals surface area (Å²) in [6, 6.07) is 7.72. The van der Waals surface area contributed by atoms with Crippen LogP contribution >= 0.6 is 11.3 Å². The number of hydrogen-bond donors (Lipinski definition) is 2. The third kappa shape index (κ3) is 4.66. The van der Waals surface area contributed by atoms with Crippen LogP contribution in [0.2, 0.25) is 0 Å². The standard InChI is InChI=1S/C16H22N4O2S/c1-11(15-19-13-7-4-5-8-14(13)23-15)20(3)16(22)18-10-6-9-17-12(2)21/h4-5,7-8,11H,6,9-10H2,1-3H3,(H,17,21)(H,18,22)/t11-/m1/s1. The Morgan fingerprint density at radius 2 is 1.96 bits per heavy atom. The molecule has 0 unspecified atom stereocenters. The van der Waals surface area contributed by atoms with Gasteiger partial charge in [0, 0.05) is 27.1 Å². The van der Waals surface area contributed by atoms with Gasteiger partial charge in [-0.2, -0.15) is 0 Å². The van der Waals surface area contributed by atoms with E-state index in [9.17, 15) is 9.59 Å². The van der Waals surface area contributed by atoms with Crippen molar-refractivity contribution < 1.29 is 9.59 Å². The van der Waals surface area contributed by atoms with Crippen LogP contribution in [-0.2, 0) is 4.79 Å². The maximum Gasteiger partial charge on any atom is 0.317 e. The summed E-state index contributed by atoms with van der Waals surface area (Å²) in [5.41, 5.74) is 0.962. The number of para-hydroxylation sites is 1. The number of aromatic nitrogens is 1. The topological polar surface area (TPSA) is 74.3 Å². The zero-order valence-electron chi connectivity index (χ0n) is 13.6. The van der Waals surface area contributed by atoms with Gasteiger partial charge >= 0.3 is 6.03 Å². The zero-order chi connectivity index (χ0) is 16.8. The van der Waals surface area contributed by atoms with E-state index in [0.717, 1.165) is 15.2 Å². The zero-order valence-corrected chi connectivity index (χ0v) is 14.4. The van der Waals surface area contributed by atoms with Gasteiger partial charge in [-0.15, -0.1) is 11.3 Å². The Balaban J connectivity index is 1.87. The number of nitrogens with zero attached hydrogens (tertiary/aromatic N) is 2. The van der Waals surface area contributed by atoms with Crippen molar-refractivity contribution in [2.75, 3.05) is 20.1 Å². The van der Waals surface area contributed by atoms with Crippen molar-refractivity contribution in [1.82, 2.24) is 20.5 Å². The van der Waals surface area contributed by atoms with Crippen LogP contribution < -0.4 is 10.6 Å². The second kappa shape index (κ2) is 7.92. The smallest absolute Gasteiger partial charge is 0.317 e. The van der Waals surface area contributed by atoms with E-state index in [1.807, 2.05) is 31.2 Å². The van der Waals surface area contributed by atoms with Crippen molar-refractivity contribution in [2.24, 2.45) is 0 Å². The lowest BCUT2D eigenvalue weighted by molar-refractivity contribution is -0.118. The Labute approximate surface area is 139 Å². The quantitative estimate of drug-likeness (QED) is 0.797. The molecule has 0 saturated carbocycles. The molecule has 0 aliphatic rings. The third-order valence-corrected chi connectivity index (χ3v) is 4.78. The molecule has 2 N–H and O–H groups in total. The van der Waals surface area contributed by atoms with Gasteiger partial charge in [-0.05, 0) is 25.5 Å². The van der Waals surface area contributed by atoms with Gasteiger partial charge in [0.15, 0.2) is 0 Å². The van der Waals surface area contributed by atoms with E-state index in [4.69, 9.17) is 0 Å². The van der Waals surface area contributed by atoms with Gasteiger partial charge in [0.05, 0.1) is 16.3 Å². The van der Waals surface area contributed by atoms with E-state index in [0.29, 0.717) is 19.5 Å². The van der Waals surface area contributed by atoms with E-state index < -0.39 is 0 Å². The largest absolute Gasteiger partial charge is 0.356 e. The van der Waals surface area contributed by atoms with Crippen LogP contribution in [0.3, 0.4) is 0 Å². The van der Waals surface area contributed by atoms with Crippen LogP contribution in [0.1, 0.15) is 31.3 Å². The molecule has 7 heteroatoms. The number of amides is 3. The van der Waals surface area contributed by atoms with Gasteiger partial charge in [-0.3, -0.25) is 4.79 Å². The molecular formula is C16H22N4O2S. The van der Waals surface area contributed by atoms with Crippen molar-refractivity contribution in [2.45, 2.75) is 26.3 Å². The molecule has 23 heavy (non-hydrogen) atoms. The molecule has 0 bridgehead atoms. The Morgan fingerprint density at radius 1 is 1.26 bits per heavy atom. The summed E-state index contributed by atoms with van der Waals surface area (Å²) in [7, 11) is 1.76. The summed E-state index contributed by atoms with van der Waals surface area (Å²) in [4.78, 5) is 29.2. The molecule has 2 rings (SSSR count). The highest BCUT2D eigenvalue weighted by atomic mass is 32.1. The third-order valence-electron chi connectivity index (χ3n) is 3.57. The number of nitrogens with one attached hydrogen (secondary N) is 2. The number of urea groups is 1. The minimum absolute atomic E-state index is 0.0575. The number of carbonyl (C=O) groups excluding carboxylic acids is 2. The second-order valence-corrected chi connectivity index (χ2v) is 6.44. The van der Waals surface area contributed by atoms with Gasteiger partial charge in [-0.1, -0.05) is 12.1 Å². The second-order valence-electron chi connectivity index (χ2n) is 5.38. The van der Waals surface area contributed by atoms with E-state index in [-0.39, 0.29) is 18.0 Å². The number of carbonyl (C=O) groups is 2. The Kier molecular flexibility index (Phi) is 5.92. The Morgan fingerprint density at radius 3 is 2.65 bits per heavy atom. The summed E-state index contributed by atoms with van der Waals surface area (Å²) in [5, 5.41) is 6.47. The summed E-state index contributed by atoms with van der Waals surface area (Å²) in [6.07, 6.45) is 0.703. The lowest BCUT2D eigenvalue weighted by Crippen LogP contribution is -2.39. The van der Waals surface area contributed by atoms with E-state index in [1.54, 1.807) is 23.3 Å². The predicted octanol–water partition coefficient (Wildman–Crippen LogP) is 2.52. The first-order chi connectivity index (χ1) is 11.0. The van der Waals surface area contributed by atoms with Crippen LogP contribution in [0.25, 0.3) is 10.2 Å². The van der Waals surface area contributed by atoms with Crippen molar-refractivity contribution in [3.8, 4) is 0 Å². The van der Waals surface area contributed by atoms with Crippen LogP contribution in [0, 0.1) is 0 Å². The Hall–Kier alpha value is -2.15. The fourth-order valence-electron chi connectivity index (χ4n) is 2.08. The number of fused-ring (bicyclic) bond motifs is 1. The molecule has 1 heterocycles. The fraction of sp³-hybridized carbons (Fsp3) is 0.438. The molecule has 1 aromatic carbocycles. The SMILES string of the molecule is CC(=O)NCCCNC(=O)N(C)[C@H](C)c1nc2ccccc2s1. The molecule has 1 aromatic heterocycles. The van der Waals surface area contributed by atoms with Gasteiger partial charge in [-0.25, -0.2) is 9.78 Å². The molecule has 3 amide bonds. The first kappa shape index (κ1) is 17.2. The minimum Gasteiger partial charge on any atom is -0.356 e. The van der Waals surface area contributed by atoms with Crippen molar-refractivity contribution >= 4 is 33.5 Å². The highest BCUT2D eigenvalue weighted by molar-refractivity contribution is 7.18. The van der Waals surface area contributed by atoms with Gasteiger partial charge in [0.25, 0.3) is 0 Å². The fourth-order valence-corrected chi connectivity index (χ4v) is 3.15. The van der Waals surface area contributed by atoms with E-state index >= 15 is 0 Å². The molecule has 1 atom stereocenters. The van der Waals surface area contributed by atoms with E-state index in [2.05, 4.69) is 15.6 Å². The summed E-state index contributed by atoms with van der Waals surface area (Å²) < 4.78 is 1.12. The van der Waals surface area contributed by atoms with Gasteiger partial charge in [0.1, 0.15) is 5.01 Å². The van der Waals surface area contributed by atoms with E-state index in [1.165, 1.54) is 6.92 Å². The van der Waals surface area contributed by atoms with Crippen molar-refractivity contribution in [3.05, 3.63) is 29.3 Å². The highest BCUT2D eigenvalue weighted by Crippen LogP contribution is 2.28. The molecule has 0 spiro atoms. The van der Waals surface area contributed by atoms with Crippen LogP contribution in [-0.4, -0.2) is 42.0 Å². The van der Waals surface area contributed by atoms with Gasteiger partial charge < -0.3 is 15.5 Å². The molecule has 124 valence electrons. The maximum atomic E-state index is 12.2.